The second-order valence-electron chi connectivity index (χ2n) is 7.62. The molecule has 1 saturated heterocycles. The Morgan fingerprint density at radius 1 is 1.08 bits per heavy atom. The summed E-state index contributed by atoms with van der Waals surface area (Å²) in [5.74, 6) is -0.736. The topological polar surface area (TPSA) is 87.2 Å². The molecule has 1 aliphatic heterocycles. The fourth-order valence-corrected chi connectivity index (χ4v) is 4.08. The van der Waals surface area contributed by atoms with E-state index in [1.807, 2.05) is 0 Å². The zero-order valence-corrected chi connectivity index (χ0v) is 16.0. The fourth-order valence-electron chi connectivity index (χ4n) is 4.08. The number of likely N-dealkylation sites (tertiary alicyclic amines) is 1. The maximum atomic E-state index is 12.5. The Kier molecular flexibility index (Phi) is 7.87. The molecule has 1 aliphatic carbocycles. The van der Waals surface area contributed by atoms with E-state index in [1.165, 1.54) is 24.7 Å². The largest absolute Gasteiger partial charge is 0.480 e. The minimum Gasteiger partial charge on any atom is -0.480 e. The lowest BCUT2D eigenvalue weighted by Gasteiger charge is -2.30. The van der Waals surface area contributed by atoms with Gasteiger partial charge in [-0.15, -0.1) is 0 Å². The molecule has 2 rings (SSSR count). The molecule has 0 aromatic heterocycles. The van der Waals surface area contributed by atoms with Crippen LogP contribution in [0.5, 0.6) is 0 Å². The van der Waals surface area contributed by atoms with Crippen molar-refractivity contribution in [1.29, 1.82) is 0 Å². The van der Waals surface area contributed by atoms with Gasteiger partial charge in [0.25, 0.3) is 0 Å². The van der Waals surface area contributed by atoms with Gasteiger partial charge in [0.1, 0.15) is 13.2 Å². The number of nitrogens with zero attached hydrogens (tertiary/aromatic N) is 2. The van der Waals surface area contributed by atoms with E-state index in [-0.39, 0.29) is 37.1 Å². The van der Waals surface area contributed by atoms with Crippen molar-refractivity contribution in [2.45, 2.75) is 70.9 Å². The third kappa shape index (κ3) is 5.97. The van der Waals surface area contributed by atoms with Crippen molar-refractivity contribution < 1.29 is 24.2 Å². The van der Waals surface area contributed by atoms with Crippen LogP contribution >= 0.6 is 0 Å². The summed E-state index contributed by atoms with van der Waals surface area (Å²) in [5.41, 5.74) is 0. The predicted octanol–water partition coefficient (Wildman–Crippen LogP) is 1.90. The van der Waals surface area contributed by atoms with E-state index < -0.39 is 5.97 Å². The molecule has 0 radical (unpaired) electrons. The highest BCUT2D eigenvalue weighted by Gasteiger charge is 2.28. The van der Waals surface area contributed by atoms with Crippen LogP contribution in [-0.4, -0.2) is 71.1 Å². The van der Waals surface area contributed by atoms with Crippen molar-refractivity contribution in [2.24, 2.45) is 5.92 Å². The van der Waals surface area contributed by atoms with Gasteiger partial charge in [0.15, 0.2) is 0 Å². The number of hydrogen-bond donors (Lipinski definition) is 1. The minimum absolute atomic E-state index is 0.00367. The molecule has 1 heterocycles. The molecule has 26 heavy (non-hydrogen) atoms. The van der Waals surface area contributed by atoms with Gasteiger partial charge in [0.05, 0.1) is 6.10 Å². The van der Waals surface area contributed by atoms with Crippen LogP contribution in [0.2, 0.25) is 0 Å². The number of carboxylic acid groups (broad SMARTS) is 1. The first-order valence-corrected chi connectivity index (χ1v) is 9.77. The van der Waals surface area contributed by atoms with Crippen molar-refractivity contribution in [3.63, 3.8) is 0 Å². The molecule has 7 nitrogen and oxygen atoms in total. The number of ether oxygens (including phenoxy) is 1. The van der Waals surface area contributed by atoms with Gasteiger partial charge in [-0.2, -0.15) is 0 Å². The van der Waals surface area contributed by atoms with Crippen molar-refractivity contribution >= 4 is 17.8 Å². The number of aliphatic carboxylic acids is 1. The first-order chi connectivity index (χ1) is 12.4. The van der Waals surface area contributed by atoms with Gasteiger partial charge in [-0.1, -0.05) is 19.8 Å². The van der Waals surface area contributed by atoms with E-state index in [4.69, 9.17) is 9.84 Å². The highest BCUT2D eigenvalue weighted by atomic mass is 16.5. The third-order valence-corrected chi connectivity index (χ3v) is 5.65. The predicted molar refractivity (Wildman–Crippen MR) is 96.6 cm³/mol. The number of carboxylic acids is 1. The highest BCUT2D eigenvalue weighted by molar-refractivity contribution is 5.80. The lowest BCUT2D eigenvalue weighted by atomic mass is 9.88. The van der Waals surface area contributed by atoms with Crippen LogP contribution in [0, 0.1) is 5.92 Å². The molecule has 2 fully saturated rings. The van der Waals surface area contributed by atoms with Gasteiger partial charge in [-0.3, -0.25) is 14.4 Å². The molecule has 2 amide bonds. The van der Waals surface area contributed by atoms with Crippen molar-refractivity contribution in [3.05, 3.63) is 0 Å². The number of carbonyl (C=O) groups is 3. The molecular formula is C19H32N2O5. The molecule has 1 N–H and O–H groups in total. The number of amides is 2. The quantitative estimate of drug-likeness (QED) is 0.774. The molecule has 0 aromatic rings. The molecule has 3 atom stereocenters. The van der Waals surface area contributed by atoms with Crippen LogP contribution in [0.3, 0.4) is 0 Å². The van der Waals surface area contributed by atoms with Crippen molar-refractivity contribution in [2.75, 3.05) is 26.2 Å². The Morgan fingerprint density at radius 3 is 2.46 bits per heavy atom. The Labute approximate surface area is 155 Å². The van der Waals surface area contributed by atoms with Gasteiger partial charge < -0.3 is 19.6 Å². The molecule has 148 valence electrons. The second-order valence-corrected chi connectivity index (χ2v) is 7.62. The average molecular weight is 368 g/mol. The Balaban J connectivity index is 1.83. The number of hydrogen-bond acceptors (Lipinski definition) is 4. The maximum Gasteiger partial charge on any atom is 0.323 e. The lowest BCUT2D eigenvalue weighted by molar-refractivity contribution is -0.145. The smallest absolute Gasteiger partial charge is 0.323 e. The Morgan fingerprint density at radius 2 is 1.81 bits per heavy atom. The highest BCUT2D eigenvalue weighted by Crippen LogP contribution is 2.26. The Bertz CT molecular complexity index is 510. The van der Waals surface area contributed by atoms with Gasteiger partial charge >= 0.3 is 5.97 Å². The van der Waals surface area contributed by atoms with E-state index in [1.54, 1.807) is 4.90 Å². The monoisotopic (exact) mass is 368 g/mol. The second kappa shape index (κ2) is 9.90. The lowest BCUT2D eigenvalue weighted by Crippen LogP contribution is -2.43. The summed E-state index contributed by atoms with van der Waals surface area (Å²) in [4.78, 5) is 38.5. The number of rotatable bonds is 6. The van der Waals surface area contributed by atoms with E-state index >= 15 is 0 Å². The summed E-state index contributed by atoms with van der Waals surface area (Å²) in [5, 5.41) is 9.01. The van der Waals surface area contributed by atoms with E-state index in [0.717, 1.165) is 25.7 Å². The number of carbonyl (C=O) groups excluding carboxylic acids is 2. The van der Waals surface area contributed by atoms with E-state index in [0.29, 0.717) is 25.4 Å². The Hall–Kier alpha value is -1.63. The summed E-state index contributed by atoms with van der Waals surface area (Å²) in [6, 6.07) is -0.124. The van der Waals surface area contributed by atoms with Crippen molar-refractivity contribution in [1.82, 2.24) is 9.80 Å². The van der Waals surface area contributed by atoms with Gasteiger partial charge in [-0.25, -0.2) is 0 Å². The van der Waals surface area contributed by atoms with Crippen LogP contribution in [0.4, 0.5) is 0 Å². The van der Waals surface area contributed by atoms with Gasteiger partial charge in [0, 0.05) is 26.1 Å². The molecule has 0 bridgehead atoms. The molecule has 0 spiro atoms. The van der Waals surface area contributed by atoms with E-state index in [2.05, 4.69) is 6.92 Å². The third-order valence-electron chi connectivity index (χ3n) is 5.65. The first-order valence-electron chi connectivity index (χ1n) is 9.77. The summed E-state index contributed by atoms with van der Waals surface area (Å²) in [6.07, 6.45) is 6.87. The summed E-state index contributed by atoms with van der Waals surface area (Å²) in [6.45, 7) is 4.59. The molecule has 1 saturated carbocycles. The summed E-state index contributed by atoms with van der Waals surface area (Å²) in [7, 11) is 0. The molecular weight excluding hydrogens is 336 g/mol. The first kappa shape index (κ1) is 20.7. The normalized spacial score (nSPS) is 26.8. The standard InChI is InChI=1S/C19H32N2O5/c1-14-6-3-4-8-17(14)26-13-18(23)20-10-5-7-16(9-11-20)21(15(2)22)12-19(24)25/h14,16-17H,3-13H2,1-2H3,(H,24,25). The molecule has 2 aliphatic rings. The van der Waals surface area contributed by atoms with Crippen LogP contribution in [-0.2, 0) is 19.1 Å². The molecule has 7 heteroatoms. The van der Waals surface area contributed by atoms with Gasteiger partial charge in [0.2, 0.25) is 11.8 Å². The van der Waals surface area contributed by atoms with E-state index in [9.17, 15) is 14.4 Å². The minimum atomic E-state index is -1.01. The average Bonchev–Trinajstić information content (AvgIpc) is 2.84. The van der Waals surface area contributed by atoms with Crippen LogP contribution in [0.25, 0.3) is 0 Å². The molecule has 3 unspecified atom stereocenters. The zero-order valence-electron chi connectivity index (χ0n) is 16.0. The van der Waals surface area contributed by atoms with Crippen LogP contribution in [0.15, 0.2) is 0 Å². The fraction of sp³-hybridized carbons (Fsp3) is 0.842. The van der Waals surface area contributed by atoms with Crippen LogP contribution in [0.1, 0.15) is 58.8 Å². The molecule has 0 aromatic carbocycles. The zero-order chi connectivity index (χ0) is 19.1. The SMILES string of the molecule is CC(=O)N(CC(=O)O)C1CCCN(C(=O)COC2CCCCC2C)CC1. The van der Waals surface area contributed by atoms with Crippen LogP contribution < -0.4 is 0 Å². The maximum absolute atomic E-state index is 12.5. The van der Waals surface area contributed by atoms with Gasteiger partial charge in [-0.05, 0) is 38.0 Å². The summed E-state index contributed by atoms with van der Waals surface area (Å²) < 4.78 is 5.88. The summed E-state index contributed by atoms with van der Waals surface area (Å²) >= 11 is 0. The van der Waals surface area contributed by atoms with Crippen molar-refractivity contribution in [3.8, 4) is 0 Å².